The minimum absolute atomic E-state index is 0.0216. The third kappa shape index (κ3) is 5.29. The molecule has 0 atom stereocenters. The largest absolute Gasteiger partial charge is 0.452 e. The van der Waals surface area contributed by atoms with Crippen LogP contribution in [0.1, 0.15) is 35.7 Å². The van der Waals surface area contributed by atoms with Crippen LogP contribution in [0.15, 0.2) is 42.5 Å². The molecule has 0 radical (unpaired) electrons. The van der Waals surface area contributed by atoms with Crippen LogP contribution in [0.5, 0.6) is 0 Å². The van der Waals surface area contributed by atoms with E-state index < -0.39 is 23.4 Å². The van der Waals surface area contributed by atoms with Crippen LogP contribution in [0.3, 0.4) is 0 Å². The van der Waals surface area contributed by atoms with Crippen molar-refractivity contribution in [1.29, 1.82) is 0 Å². The van der Waals surface area contributed by atoms with Gasteiger partial charge in [-0.05, 0) is 29.7 Å². The maximum Gasteiger partial charge on any atom is 0.341 e. The Morgan fingerprint density at radius 3 is 2.32 bits per heavy atom. The van der Waals surface area contributed by atoms with E-state index in [-0.39, 0.29) is 11.3 Å². The van der Waals surface area contributed by atoms with Crippen LogP contribution in [-0.2, 0) is 9.53 Å². The maximum atomic E-state index is 12.4. The van der Waals surface area contributed by atoms with Crippen molar-refractivity contribution < 1.29 is 19.2 Å². The molecule has 2 aromatic carbocycles. The minimum Gasteiger partial charge on any atom is -0.452 e. The molecule has 0 aliphatic heterocycles. The van der Waals surface area contributed by atoms with Crippen LogP contribution in [0.2, 0.25) is 0 Å². The van der Waals surface area contributed by atoms with Gasteiger partial charge in [0, 0.05) is 31.9 Å². The number of benzene rings is 2. The average molecular weight is 385 g/mol. The van der Waals surface area contributed by atoms with E-state index in [2.05, 4.69) is 19.2 Å². The van der Waals surface area contributed by atoms with Crippen LogP contribution in [0.25, 0.3) is 0 Å². The Morgan fingerprint density at radius 2 is 1.79 bits per heavy atom. The fourth-order valence-electron chi connectivity index (χ4n) is 2.55. The summed E-state index contributed by atoms with van der Waals surface area (Å²) in [5.41, 5.74) is 1.99. The molecular formula is C20H23N3O5. The molecule has 0 aliphatic carbocycles. The zero-order valence-corrected chi connectivity index (χ0v) is 16.3. The van der Waals surface area contributed by atoms with Gasteiger partial charge >= 0.3 is 5.97 Å². The van der Waals surface area contributed by atoms with Crippen molar-refractivity contribution in [1.82, 2.24) is 0 Å². The number of hydrogen-bond donors (Lipinski definition) is 1. The van der Waals surface area contributed by atoms with Gasteiger partial charge in [0.05, 0.1) is 16.2 Å². The normalized spacial score (nSPS) is 10.5. The van der Waals surface area contributed by atoms with E-state index in [0.717, 1.165) is 11.6 Å². The molecule has 1 N–H and O–H groups in total. The van der Waals surface area contributed by atoms with Crippen LogP contribution >= 0.6 is 0 Å². The number of hydrogen-bond acceptors (Lipinski definition) is 6. The average Bonchev–Trinajstić information content (AvgIpc) is 2.65. The SMILES string of the molecule is CC(C)c1ccc(NC(=O)COC(=O)c2cc([N+](=O)[O-])ccc2N(C)C)cc1. The van der Waals surface area contributed by atoms with E-state index in [1.54, 1.807) is 31.1 Å². The van der Waals surface area contributed by atoms with E-state index in [1.165, 1.54) is 12.1 Å². The van der Waals surface area contributed by atoms with Gasteiger partial charge in [0.15, 0.2) is 6.61 Å². The number of nitrogens with one attached hydrogen (secondary N) is 1. The predicted molar refractivity (Wildman–Crippen MR) is 107 cm³/mol. The van der Waals surface area contributed by atoms with Gasteiger partial charge in [-0.15, -0.1) is 0 Å². The number of nitrogens with zero attached hydrogens (tertiary/aromatic N) is 2. The second-order valence-electron chi connectivity index (χ2n) is 6.75. The number of nitro benzene ring substituents is 1. The molecular weight excluding hydrogens is 362 g/mol. The summed E-state index contributed by atoms with van der Waals surface area (Å²) in [4.78, 5) is 36.4. The minimum atomic E-state index is -0.808. The van der Waals surface area contributed by atoms with Gasteiger partial charge < -0.3 is 15.0 Å². The third-order valence-electron chi connectivity index (χ3n) is 4.09. The summed E-state index contributed by atoms with van der Waals surface area (Å²) in [6.45, 7) is 3.65. The standard InChI is InChI=1S/C20H23N3O5/c1-13(2)14-5-7-15(8-6-14)21-19(24)12-28-20(25)17-11-16(23(26)27)9-10-18(17)22(3)4/h5-11,13H,12H2,1-4H3,(H,21,24). The van der Waals surface area contributed by atoms with Crippen molar-refractivity contribution in [2.24, 2.45) is 0 Å². The molecule has 148 valence electrons. The number of non-ortho nitro benzene ring substituents is 1. The number of rotatable bonds is 7. The summed E-state index contributed by atoms with van der Waals surface area (Å²) in [5.74, 6) is -0.924. The number of nitro groups is 1. The first-order chi connectivity index (χ1) is 13.2. The Morgan fingerprint density at radius 1 is 1.14 bits per heavy atom. The van der Waals surface area contributed by atoms with Crippen LogP contribution in [0.4, 0.5) is 17.1 Å². The molecule has 0 unspecified atom stereocenters. The fraction of sp³-hybridized carbons (Fsp3) is 0.300. The number of esters is 1. The quantitative estimate of drug-likeness (QED) is 0.444. The Kier molecular flexibility index (Phi) is 6.70. The van der Waals surface area contributed by atoms with Crippen molar-refractivity contribution in [3.8, 4) is 0 Å². The lowest BCUT2D eigenvalue weighted by molar-refractivity contribution is -0.384. The highest BCUT2D eigenvalue weighted by Gasteiger charge is 2.20. The van der Waals surface area contributed by atoms with Gasteiger partial charge in [0.1, 0.15) is 0 Å². The lowest BCUT2D eigenvalue weighted by Crippen LogP contribution is -2.22. The van der Waals surface area contributed by atoms with Gasteiger partial charge in [0.25, 0.3) is 11.6 Å². The smallest absolute Gasteiger partial charge is 0.341 e. The van der Waals surface area contributed by atoms with Gasteiger partial charge in [-0.3, -0.25) is 14.9 Å². The zero-order chi connectivity index (χ0) is 20.8. The van der Waals surface area contributed by atoms with Crippen LogP contribution in [0, 0.1) is 10.1 Å². The molecule has 28 heavy (non-hydrogen) atoms. The molecule has 0 aromatic heterocycles. The van der Waals surface area contributed by atoms with E-state index >= 15 is 0 Å². The summed E-state index contributed by atoms with van der Waals surface area (Å²) >= 11 is 0. The molecule has 0 saturated heterocycles. The Labute approximate surface area is 163 Å². The lowest BCUT2D eigenvalue weighted by atomic mass is 10.0. The van der Waals surface area contributed by atoms with Gasteiger partial charge in [-0.25, -0.2) is 4.79 Å². The molecule has 0 fully saturated rings. The predicted octanol–water partition coefficient (Wildman–Crippen LogP) is 3.58. The fourth-order valence-corrected chi connectivity index (χ4v) is 2.55. The van der Waals surface area contributed by atoms with Crippen molar-refractivity contribution in [3.63, 3.8) is 0 Å². The Bertz CT molecular complexity index is 876. The number of anilines is 2. The summed E-state index contributed by atoms with van der Waals surface area (Å²) in [5, 5.41) is 13.6. The molecule has 0 bridgehead atoms. The number of carbonyl (C=O) groups is 2. The zero-order valence-electron chi connectivity index (χ0n) is 16.3. The first-order valence-corrected chi connectivity index (χ1v) is 8.71. The first kappa shape index (κ1) is 20.9. The van der Waals surface area contributed by atoms with E-state index in [1.807, 2.05) is 12.1 Å². The molecule has 2 aromatic rings. The number of ether oxygens (including phenoxy) is 1. The molecule has 0 aliphatic rings. The molecule has 1 amide bonds. The molecule has 0 spiro atoms. The first-order valence-electron chi connectivity index (χ1n) is 8.71. The second kappa shape index (κ2) is 8.98. The molecule has 0 saturated carbocycles. The monoisotopic (exact) mass is 385 g/mol. The van der Waals surface area contributed by atoms with Gasteiger partial charge in [-0.2, -0.15) is 0 Å². The maximum absolute atomic E-state index is 12.4. The lowest BCUT2D eigenvalue weighted by Gasteiger charge is -2.16. The number of amides is 1. The third-order valence-corrected chi connectivity index (χ3v) is 4.09. The number of carbonyl (C=O) groups excluding carboxylic acids is 2. The topological polar surface area (TPSA) is 102 Å². The Balaban J connectivity index is 2.03. The summed E-state index contributed by atoms with van der Waals surface area (Å²) in [6, 6.07) is 11.3. The summed E-state index contributed by atoms with van der Waals surface area (Å²) < 4.78 is 5.05. The highest BCUT2D eigenvalue weighted by molar-refractivity contribution is 5.99. The van der Waals surface area contributed by atoms with Crippen LogP contribution < -0.4 is 10.2 Å². The molecule has 0 heterocycles. The summed E-state index contributed by atoms with van der Waals surface area (Å²) in [6.07, 6.45) is 0. The van der Waals surface area contributed by atoms with Crippen molar-refractivity contribution >= 4 is 28.9 Å². The second-order valence-corrected chi connectivity index (χ2v) is 6.75. The Hall–Kier alpha value is -3.42. The molecule has 8 nitrogen and oxygen atoms in total. The van der Waals surface area contributed by atoms with Gasteiger partial charge in [0.2, 0.25) is 0 Å². The van der Waals surface area contributed by atoms with Crippen molar-refractivity contribution in [2.45, 2.75) is 19.8 Å². The summed E-state index contributed by atoms with van der Waals surface area (Å²) in [7, 11) is 3.40. The molecule has 2 rings (SSSR count). The van der Waals surface area contributed by atoms with Crippen molar-refractivity contribution in [3.05, 3.63) is 63.7 Å². The highest BCUT2D eigenvalue weighted by atomic mass is 16.6. The molecule has 8 heteroatoms. The van der Waals surface area contributed by atoms with Crippen LogP contribution in [-0.4, -0.2) is 37.5 Å². The van der Waals surface area contributed by atoms with Gasteiger partial charge in [-0.1, -0.05) is 26.0 Å². The van der Waals surface area contributed by atoms with E-state index in [9.17, 15) is 19.7 Å². The van der Waals surface area contributed by atoms with Crippen molar-refractivity contribution in [2.75, 3.05) is 30.9 Å². The van der Waals surface area contributed by atoms with E-state index in [0.29, 0.717) is 17.3 Å². The van der Waals surface area contributed by atoms with E-state index in [4.69, 9.17) is 4.74 Å². The highest BCUT2D eigenvalue weighted by Crippen LogP contribution is 2.25.